The van der Waals surface area contributed by atoms with Gasteiger partial charge in [-0.3, -0.25) is 0 Å². The number of fused-ring (bicyclic) bond motifs is 1. The number of rotatable bonds is 0. The van der Waals surface area contributed by atoms with Gasteiger partial charge in [-0.1, -0.05) is 11.6 Å². The third-order valence-corrected chi connectivity index (χ3v) is 2.63. The van der Waals surface area contributed by atoms with Crippen LogP contribution in [0.2, 0.25) is 5.15 Å². The average molecular weight is 290 g/mol. The molecule has 0 bridgehead atoms. The maximum atomic E-state index is 5.75. The summed E-state index contributed by atoms with van der Waals surface area (Å²) >= 11 is 7.93. The van der Waals surface area contributed by atoms with E-state index in [-0.39, 0.29) is 0 Å². The van der Waals surface area contributed by atoms with Gasteiger partial charge in [0.25, 0.3) is 0 Å². The first-order valence-corrected chi connectivity index (χ1v) is 4.79. The minimum absolute atomic E-state index is 0.508. The van der Waals surface area contributed by atoms with Gasteiger partial charge in [-0.2, -0.15) is 0 Å². The zero-order valence-corrected chi connectivity index (χ0v) is 8.87. The Morgan fingerprint density at radius 3 is 3.00 bits per heavy atom. The van der Waals surface area contributed by atoms with Crippen molar-refractivity contribution in [1.29, 1.82) is 0 Å². The number of pyridine rings is 2. The number of halogens is 2. The van der Waals surface area contributed by atoms with Gasteiger partial charge in [0.2, 0.25) is 0 Å². The van der Waals surface area contributed by atoms with Crippen molar-refractivity contribution in [2.75, 3.05) is 0 Å². The lowest BCUT2D eigenvalue weighted by molar-refractivity contribution is 1.29. The molecule has 0 aliphatic carbocycles. The van der Waals surface area contributed by atoms with Crippen molar-refractivity contribution in [2.45, 2.75) is 0 Å². The van der Waals surface area contributed by atoms with E-state index in [0.717, 1.165) is 14.5 Å². The van der Waals surface area contributed by atoms with Crippen molar-refractivity contribution in [3.8, 4) is 0 Å². The molecule has 0 fully saturated rings. The topological polar surface area (TPSA) is 25.8 Å². The molecule has 0 spiro atoms. The highest BCUT2D eigenvalue weighted by Crippen LogP contribution is 2.19. The average Bonchev–Trinajstić information content (AvgIpc) is 2.07. The van der Waals surface area contributed by atoms with Crippen molar-refractivity contribution in [1.82, 2.24) is 9.97 Å². The first kappa shape index (κ1) is 8.19. The zero-order valence-electron chi connectivity index (χ0n) is 5.96. The lowest BCUT2D eigenvalue weighted by atomic mass is 10.2. The fraction of sp³-hybridized carbons (Fsp3) is 0. The molecule has 2 aromatic rings. The molecule has 0 N–H and O–H groups in total. The van der Waals surface area contributed by atoms with E-state index in [4.69, 9.17) is 11.6 Å². The second-order valence-corrected chi connectivity index (χ2v) is 3.74. The molecule has 0 radical (unpaired) electrons. The number of nitrogens with zero attached hydrogens (tertiary/aromatic N) is 2. The maximum Gasteiger partial charge on any atom is 0.129 e. The quantitative estimate of drug-likeness (QED) is 0.551. The van der Waals surface area contributed by atoms with Crippen LogP contribution in [-0.2, 0) is 0 Å². The van der Waals surface area contributed by atoms with Crippen LogP contribution in [0, 0.1) is 3.70 Å². The van der Waals surface area contributed by atoms with Gasteiger partial charge < -0.3 is 0 Å². The van der Waals surface area contributed by atoms with Crippen molar-refractivity contribution < 1.29 is 0 Å². The minimum Gasteiger partial charge on any atom is -0.250 e. The van der Waals surface area contributed by atoms with Gasteiger partial charge in [0.15, 0.2) is 0 Å². The van der Waals surface area contributed by atoms with Gasteiger partial charge >= 0.3 is 0 Å². The lowest BCUT2D eigenvalue weighted by Crippen LogP contribution is -1.83. The normalized spacial score (nSPS) is 10.5. The SMILES string of the molecule is Clc1cc2c(I)nccc2cn1. The monoisotopic (exact) mass is 290 g/mol. The molecule has 0 aromatic carbocycles. The molecular formula is C8H4ClIN2. The fourth-order valence-corrected chi connectivity index (χ4v) is 1.79. The Morgan fingerprint density at radius 1 is 1.33 bits per heavy atom. The Morgan fingerprint density at radius 2 is 2.17 bits per heavy atom. The molecule has 12 heavy (non-hydrogen) atoms. The minimum atomic E-state index is 0.508. The van der Waals surface area contributed by atoms with Crippen molar-refractivity contribution in [3.63, 3.8) is 0 Å². The van der Waals surface area contributed by atoms with E-state index in [1.165, 1.54) is 0 Å². The van der Waals surface area contributed by atoms with E-state index in [1.54, 1.807) is 12.4 Å². The van der Waals surface area contributed by atoms with Crippen LogP contribution in [0.3, 0.4) is 0 Å². The summed E-state index contributed by atoms with van der Waals surface area (Å²) in [6.45, 7) is 0. The Kier molecular flexibility index (Phi) is 2.14. The van der Waals surface area contributed by atoms with Crippen molar-refractivity contribution >= 4 is 45.0 Å². The number of aromatic nitrogens is 2. The summed E-state index contributed by atoms with van der Waals surface area (Å²) in [6.07, 6.45) is 3.52. The molecule has 2 nitrogen and oxygen atoms in total. The Balaban J connectivity index is 2.88. The predicted octanol–water partition coefficient (Wildman–Crippen LogP) is 2.89. The van der Waals surface area contributed by atoms with Gasteiger partial charge in [0.05, 0.1) is 0 Å². The van der Waals surface area contributed by atoms with E-state index >= 15 is 0 Å². The van der Waals surface area contributed by atoms with Crippen LogP contribution in [-0.4, -0.2) is 9.97 Å². The van der Waals surface area contributed by atoms with Crippen LogP contribution in [0.15, 0.2) is 24.5 Å². The van der Waals surface area contributed by atoms with Crippen molar-refractivity contribution in [3.05, 3.63) is 33.4 Å². The molecule has 4 heteroatoms. The summed E-state index contributed by atoms with van der Waals surface area (Å²) in [5, 5.41) is 2.63. The summed E-state index contributed by atoms with van der Waals surface area (Å²) in [6, 6.07) is 3.74. The fourth-order valence-electron chi connectivity index (χ4n) is 1.00. The molecule has 0 amide bonds. The smallest absolute Gasteiger partial charge is 0.129 e. The van der Waals surface area contributed by atoms with Crippen LogP contribution < -0.4 is 0 Å². The van der Waals surface area contributed by atoms with Crippen molar-refractivity contribution in [2.24, 2.45) is 0 Å². The summed E-state index contributed by atoms with van der Waals surface area (Å²) in [5.74, 6) is 0. The van der Waals surface area contributed by atoms with Crippen LogP contribution in [0.5, 0.6) is 0 Å². The Hall–Kier alpha value is -0.420. The highest BCUT2D eigenvalue weighted by Gasteiger charge is 1.99. The summed E-state index contributed by atoms with van der Waals surface area (Å²) in [5.41, 5.74) is 0. The highest BCUT2D eigenvalue weighted by atomic mass is 127. The maximum absolute atomic E-state index is 5.75. The van der Waals surface area contributed by atoms with Crippen LogP contribution in [0.25, 0.3) is 10.8 Å². The van der Waals surface area contributed by atoms with Gasteiger partial charge in [-0.15, -0.1) is 0 Å². The van der Waals surface area contributed by atoms with Gasteiger partial charge in [-0.05, 0) is 34.7 Å². The lowest BCUT2D eigenvalue weighted by Gasteiger charge is -1.98. The van der Waals surface area contributed by atoms with Crippen LogP contribution in [0.1, 0.15) is 0 Å². The first-order valence-electron chi connectivity index (χ1n) is 3.33. The third kappa shape index (κ3) is 1.38. The predicted molar refractivity (Wildman–Crippen MR) is 57.3 cm³/mol. The molecule has 0 aliphatic heterocycles. The largest absolute Gasteiger partial charge is 0.250 e. The standard InChI is InChI=1S/C8H4ClIN2/c9-7-3-6-5(4-12-7)1-2-11-8(6)10/h1-4H. The van der Waals surface area contributed by atoms with Crippen LogP contribution in [0.4, 0.5) is 0 Å². The van der Waals surface area contributed by atoms with Gasteiger partial charge in [0.1, 0.15) is 8.85 Å². The van der Waals surface area contributed by atoms with E-state index in [9.17, 15) is 0 Å². The second kappa shape index (κ2) is 3.14. The summed E-state index contributed by atoms with van der Waals surface area (Å²) < 4.78 is 0.953. The molecule has 0 unspecified atom stereocenters. The zero-order chi connectivity index (χ0) is 8.55. The molecule has 60 valence electrons. The molecule has 0 atom stereocenters. The number of hydrogen-bond acceptors (Lipinski definition) is 2. The van der Waals surface area contributed by atoms with E-state index in [1.807, 2.05) is 12.1 Å². The van der Waals surface area contributed by atoms with Gasteiger partial charge in [0, 0.05) is 23.2 Å². The Labute approximate surface area is 88.1 Å². The summed E-state index contributed by atoms with van der Waals surface area (Å²) in [7, 11) is 0. The van der Waals surface area contributed by atoms with E-state index in [0.29, 0.717) is 5.15 Å². The molecule has 2 aromatic heterocycles. The van der Waals surface area contributed by atoms with E-state index < -0.39 is 0 Å². The van der Waals surface area contributed by atoms with Gasteiger partial charge in [-0.25, -0.2) is 9.97 Å². The summed E-state index contributed by atoms with van der Waals surface area (Å²) in [4.78, 5) is 8.13. The Bertz CT molecular complexity index is 430. The molecule has 2 rings (SSSR count). The van der Waals surface area contributed by atoms with Crippen LogP contribution >= 0.6 is 34.2 Å². The molecule has 0 saturated heterocycles. The first-order chi connectivity index (χ1) is 5.77. The molecule has 2 heterocycles. The second-order valence-electron chi connectivity index (χ2n) is 2.33. The highest BCUT2D eigenvalue weighted by molar-refractivity contribution is 14.1. The molecule has 0 saturated carbocycles. The number of hydrogen-bond donors (Lipinski definition) is 0. The van der Waals surface area contributed by atoms with E-state index in [2.05, 4.69) is 32.6 Å². The molecular weight excluding hydrogens is 286 g/mol. The third-order valence-electron chi connectivity index (χ3n) is 1.57. The molecule has 0 aliphatic rings.